The average Bonchev–Trinajstić information content (AvgIpc) is 2.53. The Bertz CT molecular complexity index is 867. The summed E-state index contributed by atoms with van der Waals surface area (Å²) in [4.78, 5) is 14.1. The summed E-state index contributed by atoms with van der Waals surface area (Å²) >= 11 is 5.83. The number of Topliss-reactive ketones (excluding diaryl/α,β-unsaturated/α-hetero) is 1. The van der Waals surface area contributed by atoms with Crippen LogP contribution in [0.2, 0.25) is 5.02 Å². The van der Waals surface area contributed by atoms with Gasteiger partial charge in [0.2, 0.25) is 15.6 Å². The molecule has 0 atom stereocenters. The van der Waals surface area contributed by atoms with Crippen molar-refractivity contribution in [1.82, 2.24) is 4.90 Å². The molecule has 2 aromatic rings. The van der Waals surface area contributed by atoms with Crippen LogP contribution in [0.1, 0.15) is 15.9 Å². The second-order valence-corrected chi connectivity index (χ2v) is 7.96. The zero-order valence-corrected chi connectivity index (χ0v) is 15.2. The number of nitrogens with zero attached hydrogens (tertiary/aromatic N) is 1. The molecule has 0 aliphatic heterocycles. The number of benzene rings is 2. The molecule has 0 spiro atoms. The van der Waals surface area contributed by atoms with E-state index < -0.39 is 15.6 Å². The molecule has 0 aliphatic carbocycles. The first-order valence-electron chi connectivity index (χ1n) is 7.22. The van der Waals surface area contributed by atoms with Crippen molar-refractivity contribution in [3.05, 3.63) is 75.8 Å². The molecule has 0 unspecified atom stereocenters. The van der Waals surface area contributed by atoms with E-state index in [4.69, 9.17) is 11.6 Å². The van der Waals surface area contributed by atoms with E-state index in [-0.39, 0.29) is 15.4 Å². The van der Waals surface area contributed by atoms with Crippen molar-refractivity contribution in [3.8, 4) is 0 Å². The normalized spacial score (nSPS) is 12.1. The smallest absolute Gasteiger partial charge is 0.211 e. The molecule has 0 fully saturated rings. The van der Waals surface area contributed by atoms with E-state index in [2.05, 4.69) is 0 Å². The Hall–Kier alpha value is -2.11. The highest BCUT2D eigenvalue weighted by Gasteiger charge is 2.28. The topological polar surface area (TPSA) is 54.5 Å². The summed E-state index contributed by atoms with van der Waals surface area (Å²) in [6.07, 6.45) is 1.33. The molecule has 0 saturated heterocycles. The summed E-state index contributed by atoms with van der Waals surface area (Å²) in [5, 5.41) is 0.478. The van der Waals surface area contributed by atoms with Crippen molar-refractivity contribution in [2.75, 3.05) is 14.1 Å². The Kier molecular flexibility index (Phi) is 5.47. The predicted octanol–water partition coefficient (Wildman–Crippen LogP) is 3.71. The van der Waals surface area contributed by atoms with Crippen LogP contribution in [-0.4, -0.2) is 33.2 Å². The Morgan fingerprint density at radius 3 is 2.04 bits per heavy atom. The molecule has 126 valence electrons. The minimum Gasteiger partial charge on any atom is -0.382 e. The third-order valence-electron chi connectivity index (χ3n) is 3.33. The maximum atomic E-state index is 12.9. The van der Waals surface area contributed by atoms with E-state index in [1.165, 1.54) is 35.4 Å². The summed E-state index contributed by atoms with van der Waals surface area (Å²) in [5.74, 6) is -0.569. The van der Waals surface area contributed by atoms with Gasteiger partial charge < -0.3 is 4.90 Å². The highest BCUT2D eigenvalue weighted by molar-refractivity contribution is 7.96. The van der Waals surface area contributed by atoms with E-state index >= 15 is 0 Å². The average molecular weight is 364 g/mol. The molecule has 4 nitrogen and oxygen atoms in total. The van der Waals surface area contributed by atoms with Crippen molar-refractivity contribution in [2.24, 2.45) is 0 Å². The number of carbonyl (C=O) groups is 1. The Morgan fingerprint density at radius 2 is 1.54 bits per heavy atom. The van der Waals surface area contributed by atoms with Gasteiger partial charge in [-0.3, -0.25) is 4.79 Å². The lowest BCUT2D eigenvalue weighted by atomic mass is 10.1. The van der Waals surface area contributed by atoms with Crippen molar-refractivity contribution < 1.29 is 13.2 Å². The number of halogens is 1. The summed E-state index contributed by atoms with van der Waals surface area (Å²) in [5.41, 5.74) is 1.21. The van der Waals surface area contributed by atoms with E-state index in [9.17, 15) is 13.2 Å². The van der Waals surface area contributed by atoms with Gasteiger partial charge in [-0.15, -0.1) is 0 Å². The fourth-order valence-corrected chi connectivity index (χ4v) is 3.66. The van der Waals surface area contributed by atoms with Crippen LogP contribution in [0.5, 0.6) is 0 Å². The Morgan fingerprint density at radius 1 is 1.00 bits per heavy atom. The van der Waals surface area contributed by atoms with Gasteiger partial charge in [-0.2, -0.15) is 0 Å². The van der Waals surface area contributed by atoms with Crippen LogP contribution >= 0.6 is 11.6 Å². The van der Waals surface area contributed by atoms with Crippen LogP contribution in [0.3, 0.4) is 0 Å². The van der Waals surface area contributed by atoms with Crippen LogP contribution < -0.4 is 0 Å². The number of rotatable bonds is 5. The van der Waals surface area contributed by atoms with Gasteiger partial charge in [-0.05, 0) is 43.3 Å². The van der Waals surface area contributed by atoms with Crippen molar-refractivity contribution in [2.45, 2.75) is 11.8 Å². The molecule has 0 N–H and O–H groups in total. The fourth-order valence-electron chi connectivity index (χ4n) is 2.07. The minimum absolute atomic E-state index is 0.0866. The highest BCUT2D eigenvalue weighted by atomic mass is 35.5. The van der Waals surface area contributed by atoms with Gasteiger partial charge in [0.25, 0.3) is 0 Å². The molecule has 0 radical (unpaired) electrons. The third kappa shape index (κ3) is 4.04. The van der Waals surface area contributed by atoms with Gasteiger partial charge in [-0.1, -0.05) is 29.3 Å². The first kappa shape index (κ1) is 18.2. The van der Waals surface area contributed by atoms with Gasteiger partial charge in [0.05, 0.1) is 4.90 Å². The molecule has 24 heavy (non-hydrogen) atoms. The van der Waals surface area contributed by atoms with Crippen molar-refractivity contribution in [1.29, 1.82) is 0 Å². The Balaban J connectivity index is 2.54. The van der Waals surface area contributed by atoms with Crippen LogP contribution in [0.4, 0.5) is 0 Å². The zero-order chi connectivity index (χ0) is 17.9. The monoisotopic (exact) mass is 363 g/mol. The SMILES string of the molecule is Cc1ccc(S(=O)(=O)/C(=C/N(C)C)C(=O)c2ccc(Cl)cc2)cc1. The van der Waals surface area contributed by atoms with Gasteiger partial charge >= 0.3 is 0 Å². The standard InChI is InChI=1S/C18H18ClNO3S/c1-13-4-10-16(11-5-13)24(22,23)17(12-20(2)3)18(21)14-6-8-15(19)9-7-14/h4-12H,1-3H3/b17-12+. The second kappa shape index (κ2) is 7.20. The summed E-state index contributed by atoms with van der Waals surface area (Å²) in [6, 6.07) is 12.5. The second-order valence-electron chi connectivity index (χ2n) is 5.61. The number of sulfone groups is 1. The third-order valence-corrected chi connectivity index (χ3v) is 5.34. The molecule has 0 bridgehead atoms. The van der Waals surface area contributed by atoms with Crippen LogP contribution in [0.25, 0.3) is 0 Å². The van der Waals surface area contributed by atoms with Gasteiger partial charge in [-0.25, -0.2) is 8.42 Å². The summed E-state index contributed by atoms with van der Waals surface area (Å²) < 4.78 is 25.8. The largest absolute Gasteiger partial charge is 0.382 e. The van der Waals surface area contributed by atoms with Gasteiger partial charge in [0.15, 0.2) is 0 Å². The molecule has 2 aromatic carbocycles. The molecule has 2 rings (SSSR count). The van der Waals surface area contributed by atoms with Gasteiger partial charge in [0, 0.05) is 30.9 Å². The fraction of sp³-hybridized carbons (Fsp3) is 0.167. The summed E-state index contributed by atoms with van der Waals surface area (Å²) in [7, 11) is -0.601. The predicted molar refractivity (Wildman–Crippen MR) is 95.9 cm³/mol. The summed E-state index contributed by atoms with van der Waals surface area (Å²) in [6.45, 7) is 1.87. The van der Waals surface area contributed by atoms with E-state index in [1.54, 1.807) is 38.4 Å². The number of ketones is 1. The highest BCUT2D eigenvalue weighted by Crippen LogP contribution is 2.24. The van der Waals surface area contributed by atoms with E-state index in [0.29, 0.717) is 5.02 Å². The number of carbonyl (C=O) groups excluding carboxylic acids is 1. The van der Waals surface area contributed by atoms with E-state index in [1.807, 2.05) is 6.92 Å². The number of hydrogen-bond acceptors (Lipinski definition) is 4. The minimum atomic E-state index is -3.93. The number of allylic oxidation sites excluding steroid dienone is 1. The Labute approximate surface area is 147 Å². The molecule has 0 aromatic heterocycles. The molecule has 0 heterocycles. The first-order chi connectivity index (χ1) is 11.2. The lowest BCUT2D eigenvalue weighted by Crippen LogP contribution is -2.18. The molecular weight excluding hydrogens is 346 g/mol. The lowest BCUT2D eigenvalue weighted by Gasteiger charge is -2.13. The van der Waals surface area contributed by atoms with Gasteiger partial charge in [0.1, 0.15) is 4.91 Å². The first-order valence-corrected chi connectivity index (χ1v) is 9.08. The molecular formula is C18H18ClNO3S. The van der Waals surface area contributed by atoms with Crippen LogP contribution in [0, 0.1) is 6.92 Å². The van der Waals surface area contributed by atoms with Crippen LogP contribution in [-0.2, 0) is 9.84 Å². The maximum absolute atomic E-state index is 12.9. The molecule has 6 heteroatoms. The van der Waals surface area contributed by atoms with E-state index in [0.717, 1.165) is 5.56 Å². The van der Waals surface area contributed by atoms with Crippen molar-refractivity contribution in [3.63, 3.8) is 0 Å². The number of aryl methyl sites for hydroxylation is 1. The zero-order valence-electron chi connectivity index (χ0n) is 13.7. The molecule has 0 amide bonds. The quantitative estimate of drug-likeness (QED) is 0.600. The maximum Gasteiger partial charge on any atom is 0.211 e. The number of hydrogen-bond donors (Lipinski definition) is 0. The van der Waals surface area contributed by atoms with Crippen LogP contribution in [0.15, 0.2) is 64.5 Å². The lowest BCUT2D eigenvalue weighted by molar-refractivity contribution is 0.104. The molecule has 0 aliphatic rings. The molecule has 0 saturated carbocycles. The van der Waals surface area contributed by atoms with Crippen molar-refractivity contribution >= 4 is 27.2 Å².